The topological polar surface area (TPSA) is 63.1 Å². The van der Waals surface area contributed by atoms with Gasteiger partial charge in [-0.15, -0.1) is 11.8 Å². The molecule has 6 heteroatoms. The first-order chi connectivity index (χ1) is 6.59. The monoisotopic (exact) mass is 276 g/mol. The first-order valence-electron chi connectivity index (χ1n) is 3.93. The molecule has 0 saturated heterocycles. The summed E-state index contributed by atoms with van der Waals surface area (Å²) in [6.07, 6.45) is 3.21. The molecule has 0 spiro atoms. The highest BCUT2D eigenvalue weighted by atomic mass is 79.9. The van der Waals surface area contributed by atoms with Gasteiger partial charge in [-0.25, -0.2) is 9.97 Å². The van der Waals surface area contributed by atoms with Crippen LogP contribution < -0.4 is 0 Å². The van der Waals surface area contributed by atoms with Crippen molar-refractivity contribution in [1.82, 2.24) is 9.97 Å². The predicted octanol–water partition coefficient (Wildman–Crippen LogP) is 2.19. The van der Waals surface area contributed by atoms with Crippen molar-refractivity contribution < 1.29 is 9.90 Å². The van der Waals surface area contributed by atoms with Crippen LogP contribution in [-0.2, 0) is 4.79 Å². The third kappa shape index (κ3) is 3.63. The van der Waals surface area contributed by atoms with E-state index in [1.807, 2.05) is 6.92 Å². The third-order valence-electron chi connectivity index (χ3n) is 1.41. The summed E-state index contributed by atoms with van der Waals surface area (Å²) in [6.45, 7) is 1.85. The van der Waals surface area contributed by atoms with Crippen molar-refractivity contribution in [1.29, 1.82) is 0 Å². The Morgan fingerprint density at radius 3 is 3.07 bits per heavy atom. The molecule has 1 rings (SSSR count). The number of hydrogen-bond donors (Lipinski definition) is 1. The van der Waals surface area contributed by atoms with E-state index >= 15 is 0 Å². The summed E-state index contributed by atoms with van der Waals surface area (Å²) in [6, 6.07) is 0. The molecule has 1 unspecified atom stereocenters. The molecular formula is C8H9BrN2O2S. The van der Waals surface area contributed by atoms with Gasteiger partial charge in [-0.2, -0.15) is 0 Å². The fourth-order valence-electron chi connectivity index (χ4n) is 0.866. The Morgan fingerprint density at radius 2 is 2.50 bits per heavy atom. The van der Waals surface area contributed by atoms with Gasteiger partial charge in [0.05, 0.1) is 10.9 Å². The van der Waals surface area contributed by atoms with E-state index in [1.165, 1.54) is 18.1 Å². The van der Waals surface area contributed by atoms with E-state index in [0.29, 0.717) is 0 Å². The Hall–Kier alpha value is -0.620. The first kappa shape index (κ1) is 11.5. The minimum atomic E-state index is -0.796. The van der Waals surface area contributed by atoms with E-state index < -0.39 is 5.97 Å². The number of thioether (sulfide) groups is 1. The molecule has 1 heterocycles. The SMILES string of the molecule is CC(CC(=O)O)Sc1ncncc1Br. The van der Waals surface area contributed by atoms with Crippen LogP contribution in [0.15, 0.2) is 22.0 Å². The molecule has 0 aromatic carbocycles. The summed E-state index contributed by atoms with van der Waals surface area (Å²) < 4.78 is 0.794. The zero-order chi connectivity index (χ0) is 10.6. The average Bonchev–Trinajstić information content (AvgIpc) is 2.07. The van der Waals surface area contributed by atoms with Crippen LogP contribution in [0.4, 0.5) is 0 Å². The standard InChI is InChI=1S/C8H9BrN2O2S/c1-5(2-7(12)13)14-8-6(9)3-10-4-11-8/h3-5H,2H2,1H3,(H,12,13). The van der Waals surface area contributed by atoms with E-state index in [1.54, 1.807) is 6.20 Å². The van der Waals surface area contributed by atoms with Crippen molar-refractivity contribution >= 4 is 33.7 Å². The molecule has 0 bridgehead atoms. The van der Waals surface area contributed by atoms with Gasteiger partial charge in [0.1, 0.15) is 11.4 Å². The molecule has 0 amide bonds. The van der Waals surface area contributed by atoms with Crippen molar-refractivity contribution in [2.75, 3.05) is 0 Å². The van der Waals surface area contributed by atoms with Crippen LogP contribution in [0.1, 0.15) is 13.3 Å². The summed E-state index contributed by atoms with van der Waals surface area (Å²) in [5, 5.41) is 9.34. The maximum atomic E-state index is 10.4. The lowest BCUT2D eigenvalue weighted by Gasteiger charge is -2.07. The van der Waals surface area contributed by atoms with Crippen LogP contribution in [-0.4, -0.2) is 26.3 Å². The number of carboxylic acid groups (broad SMARTS) is 1. The fourth-order valence-corrected chi connectivity index (χ4v) is 2.25. The van der Waals surface area contributed by atoms with Gasteiger partial charge in [-0.1, -0.05) is 6.92 Å². The molecule has 0 aliphatic rings. The highest BCUT2D eigenvalue weighted by molar-refractivity contribution is 9.10. The van der Waals surface area contributed by atoms with Gasteiger partial charge in [0, 0.05) is 11.4 Å². The summed E-state index contributed by atoms with van der Waals surface area (Å²) >= 11 is 4.72. The van der Waals surface area contributed by atoms with Gasteiger partial charge in [0.2, 0.25) is 0 Å². The Labute approximate surface area is 94.3 Å². The van der Waals surface area contributed by atoms with E-state index in [2.05, 4.69) is 25.9 Å². The van der Waals surface area contributed by atoms with Gasteiger partial charge in [-0.05, 0) is 15.9 Å². The average molecular weight is 277 g/mol. The third-order valence-corrected chi connectivity index (χ3v) is 3.37. The van der Waals surface area contributed by atoms with Gasteiger partial charge >= 0.3 is 5.97 Å². The maximum absolute atomic E-state index is 10.4. The summed E-state index contributed by atoms with van der Waals surface area (Å²) in [4.78, 5) is 18.3. The molecule has 1 aromatic heterocycles. The van der Waals surface area contributed by atoms with Crippen molar-refractivity contribution in [2.24, 2.45) is 0 Å². The van der Waals surface area contributed by atoms with Crippen LogP contribution in [0, 0.1) is 0 Å². The largest absolute Gasteiger partial charge is 0.481 e. The van der Waals surface area contributed by atoms with Crippen LogP contribution in [0.25, 0.3) is 0 Å². The molecule has 1 atom stereocenters. The van der Waals surface area contributed by atoms with Crippen molar-refractivity contribution in [3.05, 3.63) is 17.0 Å². The molecule has 4 nitrogen and oxygen atoms in total. The number of nitrogens with zero attached hydrogens (tertiary/aromatic N) is 2. The van der Waals surface area contributed by atoms with E-state index in [0.717, 1.165) is 9.50 Å². The number of halogens is 1. The zero-order valence-electron chi connectivity index (χ0n) is 7.48. The first-order valence-corrected chi connectivity index (χ1v) is 5.61. The smallest absolute Gasteiger partial charge is 0.304 e. The number of aliphatic carboxylic acids is 1. The van der Waals surface area contributed by atoms with Gasteiger partial charge in [0.25, 0.3) is 0 Å². The molecule has 1 N–H and O–H groups in total. The molecular weight excluding hydrogens is 268 g/mol. The lowest BCUT2D eigenvalue weighted by atomic mass is 10.3. The Bertz CT molecular complexity index is 335. The highest BCUT2D eigenvalue weighted by Crippen LogP contribution is 2.28. The van der Waals surface area contributed by atoms with Crippen LogP contribution in [0.5, 0.6) is 0 Å². The molecule has 0 aliphatic heterocycles. The van der Waals surface area contributed by atoms with Crippen LogP contribution in [0.2, 0.25) is 0 Å². The summed E-state index contributed by atoms with van der Waals surface area (Å²) in [5.41, 5.74) is 0. The Kier molecular flexibility index (Phi) is 4.34. The molecule has 76 valence electrons. The van der Waals surface area contributed by atoms with Crippen LogP contribution >= 0.6 is 27.7 Å². The molecule has 0 radical (unpaired) electrons. The quantitative estimate of drug-likeness (QED) is 0.675. The Morgan fingerprint density at radius 1 is 1.79 bits per heavy atom. The van der Waals surface area contributed by atoms with Crippen molar-refractivity contribution in [3.63, 3.8) is 0 Å². The minimum Gasteiger partial charge on any atom is -0.481 e. The molecule has 1 aromatic rings. The second kappa shape index (κ2) is 5.31. The van der Waals surface area contributed by atoms with Gasteiger partial charge in [-0.3, -0.25) is 4.79 Å². The normalized spacial score (nSPS) is 12.4. The molecule has 0 fully saturated rings. The highest BCUT2D eigenvalue weighted by Gasteiger charge is 2.11. The van der Waals surface area contributed by atoms with Crippen molar-refractivity contribution in [3.8, 4) is 0 Å². The summed E-state index contributed by atoms with van der Waals surface area (Å²) in [5.74, 6) is -0.796. The number of rotatable bonds is 4. The van der Waals surface area contributed by atoms with Crippen LogP contribution in [0.3, 0.4) is 0 Å². The van der Waals surface area contributed by atoms with E-state index in [4.69, 9.17) is 5.11 Å². The maximum Gasteiger partial charge on any atom is 0.304 e. The lowest BCUT2D eigenvalue weighted by molar-refractivity contribution is -0.136. The number of aromatic nitrogens is 2. The van der Waals surface area contributed by atoms with E-state index in [9.17, 15) is 4.79 Å². The fraction of sp³-hybridized carbons (Fsp3) is 0.375. The van der Waals surface area contributed by atoms with Gasteiger partial charge < -0.3 is 5.11 Å². The molecule has 14 heavy (non-hydrogen) atoms. The number of carboxylic acids is 1. The van der Waals surface area contributed by atoms with Gasteiger partial charge in [0.15, 0.2) is 0 Å². The summed E-state index contributed by atoms with van der Waals surface area (Å²) in [7, 11) is 0. The second-order valence-electron chi connectivity index (χ2n) is 2.70. The van der Waals surface area contributed by atoms with Crippen molar-refractivity contribution in [2.45, 2.75) is 23.6 Å². The number of carbonyl (C=O) groups is 1. The number of hydrogen-bond acceptors (Lipinski definition) is 4. The van der Waals surface area contributed by atoms with E-state index in [-0.39, 0.29) is 11.7 Å². The predicted molar refractivity (Wildman–Crippen MR) is 57.3 cm³/mol. The molecule has 0 saturated carbocycles. The lowest BCUT2D eigenvalue weighted by Crippen LogP contribution is -2.05. The minimum absolute atomic E-state index is 0.00120. The Balaban J connectivity index is 2.60. The zero-order valence-corrected chi connectivity index (χ0v) is 9.88. The second-order valence-corrected chi connectivity index (χ2v) is 4.98. The molecule has 0 aliphatic carbocycles.